The molecule has 0 bridgehead atoms. The Hall–Kier alpha value is -2.39. The first kappa shape index (κ1) is 21.8. The first-order valence-corrected chi connectivity index (χ1v) is 12.7. The number of aryl methyl sites for hydroxylation is 3. The lowest BCUT2D eigenvalue weighted by atomic mass is 10.1. The summed E-state index contributed by atoms with van der Waals surface area (Å²) in [5.74, 6) is -0.490. The summed E-state index contributed by atoms with van der Waals surface area (Å²) >= 11 is 1.37. The summed E-state index contributed by atoms with van der Waals surface area (Å²) in [6, 6.07) is 9.58. The predicted octanol–water partition coefficient (Wildman–Crippen LogP) is 3.46. The van der Waals surface area contributed by atoms with Crippen molar-refractivity contribution in [3.63, 3.8) is 0 Å². The highest BCUT2D eigenvalue weighted by Crippen LogP contribution is 2.37. The van der Waals surface area contributed by atoms with Gasteiger partial charge in [-0.2, -0.15) is 0 Å². The molecule has 0 radical (unpaired) electrons. The number of amidine groups is 1. The van der Waals surface area contributed by atoms with E-state index in [1.54, 1.807) is 17.0 Å². The van der Waals surface area contributed by atoms with Crippen LogP contribution in [-0.2, 0) is 14.6 Å². The maximum absolute atomic E-state index is 13.5. The molecule has 0 aliphatic carbocycles. The fourth-order valence-corrected chi connectivity index (χ4v) is 7.84. The first-order chi connectivity index (χ1) is 14.6. The van der Waals surface area contributed by atoms with Gasteiger partial charge >= 0.3 is 0 Å². The van der Waals surface area contributed by atoms with Gasteiger partial charge in [0.05, 0.1) is 17.5 Å². The molecule has 1 amide bonds. The lowest BCUT2D eigenvalue weighted by molar-refractivity contribution is -0.114. The van der Waals surface area contributed by atoms with Gasteiger partial charge in [0.15, 0.2) is 15.0 Å². The van der Waals surface area contributed by atoms with E-state index in [2.05, 4.69) is 10.3 Å². The zero-order valence-electron chi connectivity index (χ0n) is 17.6. The number of thioether (sulfide) groups is 1. The summed E-state index contributed by atoms with van der Waals surface area (Å²) in [4.78, 5) is 19.3. The summed E-state index contributed by atoms with van der Waals surface area (Å²) in [5.41, 5.74) is 4.48. The number of benzene rings is 2. The quantitative estimate of drug-likeness (QED) is 0.754. The van der Waals surface area contributed by atoms with Gasteiger partial charge in [-0.3, -0.25) is 9.79 Å². The highest BCUT2D eigenvalue weighted by molar-refractivity contribution is 8.15. The Morgan fingerprint density at radius 1 is 1.16 bits per heavy atom. The topological polar surface area (TPSA) is 78.8 Å². The Bertz CT molecular complexity index is 1140. The molecule has 2 aliphatic rings. The van der Waals surface area contributed by atoms with Gasteiger partial charge in [0.25, 0.3) is 0 Å². The van der Waals surface area contributed by atoms with Gasteiger partial charge < -0.3 is 10.2 Å². The lowest BCUT2D eigenvalue weighted by Gasteiger charge is -2.24. The number of amides is 1. The second kappa shape index (κ2) is 8.27. The molecule has 9 heteroatoms. The van der Waals surface area contributed by atoms with Crippen LogP contribution in [-0.4, -0.2) is 48.8 Å². The number of carbonyl (C=O) groups is 1. The molecule has 2 aliphatic heterocycles. The molecule has 31 heavy (non-hydrogen) atoms. The fraction of sp³-hybridized carbons (Fsp3) is 0.364. The Kier molecular flexibility index (Phi) is 5.83. The van der Waals surface area contributed by atoms with Crippen LogP contribution in [0.1, 0.15) is 16.7 Å². The monoisotopic (exact) mass is 461 g/mol. The number of rotatable bonds is 4. The van der Waals surface area contributed by atoms with Crippen molar-refractivity contribution in [3.8, 4) is 0 Å². The normalized spacial score (nSPS) is 21.5. The number of anilines is 2. The summed E-state index contributed by atoms with van der Waals surface area (Å²) < 4.78 is 37.3. The third-order valence-corrected chi connectivity index (χ3v) is 8.67. The summed E-state index contributed by atoms with van der Waals surface area (Å²) in [7, 11) is -3.08. The van der Waals surface area contributed by atoms with Gasteiger partial charge in [0.2, 0.25) is 5.91 Å². The molecule has 2 atom stereocenters. The van der Waals surface area contributed by atoms with Crippen molar-refractivity contribution in [3.05, 3.63) is 58.9 Å². The van der Waals surface area contributed by atoms with E-state index in [0.717, 1.165) is 22.4 Å². The average Bonchev–Trinajstić information content (AvgIpc) is 3.17. The van der Waals surface area contributed by atoms with Crippen LogP contribution >= 0.6 is 11.8 Å². The Morgan fingerprint density at radius 3 is 2.42 bits per heavy atom. The molecule has 4 rings (SSSR count). The largest absolute Gasteiger partial charge is 0.324 e. The maximum atomic E-state index is 13.5. The Balaban J connectivity index is 1.59. The number of hydrogen-bond acceptors (Lipinski definition) is 6. The van der Waals surface area contributed by atoms with Crippen molar-refractivity contribution >= 4 is 44.0 Å². The predicted molar refractivity (Wildman–Crippen MR) is 124 cm³/mol. The summed E-state index contributed by atoms with van der Waals surface area (Å²) in [6.07, 6.45) is 0. The molecule has 0 unspecified atom stereocenters. The third-order valence-electron chi connectivity index (χ3n) is 5.42. The zero-order valence-corrected chi connectivity index (χ0v) is 19.2. The molecule has 164 valence electrons. The number of sulfone groups is 1. The molecular formula is C22H24FN3O3S2. The smallest absolute Gasteiger partial charge is 0.244 e. The van der Waals surface area contributed by atoms with Crippen molar-refractivity contribution in [2.75, 3.05) is 28.3 Å². The van der Waals surface area contributed by atoms with E-state index in [0.29, 0.717) is 10.9 Å². The van der Waals surface area contributed by atoms with Crippen molar-refractivity contribution in [2.24, 2.45) is 4.99 Å². The van der Waals surface area contributed by atoms with Crippen LogP contribution in [0.15, 0.2) is 41.4 Å². The van der Waals surface area contributed by atoms with Crippen LogP contribution in [0.4, 0.5) is 15.8 Å². The third kappa shape index (κ3) is 4.77. The SMILES string of the molecule is Cc1cc(C)c(NC(=O)CN(C2=N[C@@H]3CS(=O)(=O)C[C@H]3S2)c2ccc(F)cc2)c(C)c1. The minimum atomic E-state index is -3.08. The number of nitrogens with one attached hydrogen (secondary N) is 1. The molecule has 1 saturated heterocycles. The van der Waals surface area contributed by atoms with Crippen LogP contribution < -0.4 is 10.2 Å². The molecule has 0 saturated carbocycles. The lowest BCUT2D eigenvalue weighted by Crippen LogP contribution is -2.37. The molecule has 6 nitrogen and oxygen atoms in total. The van der Waals surface area contributed by atoms with E-state index in [-0.39, 0.29) is 41.1 Å². The van der Waals surface area contributed by atoms with E-state index in [1.165, 1.54) is 23.9 Å². The number of fused-ring (bicyclic) bond motifs is 1. The van der Waals surface area contributed by atoms with Crippen LogP contribution in [0, 0.1) is 26.6 Å². The molecule has 1 fully saturated rings. The van der Waals surface area contributed by atoms with E-state index in [9.17, 15) is 17.6 Å². The van der Waals surface area contributed by atoms with Gasteiger partial charge in [-0.15, -0.1) is 0 Å². The number of carbonyl (C=O) groups excluding carboxylic acids is 1. The van der Waals surface area contributed by atoms with Crippen LogP contribution in [0.25, 0.3) is 0 Å². The second-order valence-electron chi connectivity index (χ2n) is 8.10. The fourth-order valence-electron chi connectivity index (χ4n) is 4.06. The van der Waals surface area contributed by atoms with E-state index < -0.39 is 9.84 Å². The highest BCUT2D eigenvalue weighted by atomic mass is 32.2. The number of halogens is 1. The Morgan fingerprint density at radius 2 is 1.81 bits per heavy atom. The summed E-state index contributed by atoms with van der Waals surface area (Å²) in [5, 5.41) is 3.43. The van der Waals surface area contributed by atoms with Gasteiger partial charge in [-0.05, 0) is 56.2 Å². The van der Waals surface area contributed by atoms with Gasteiger partial charge in [-0.25, -0.2) is 12.8 Å². The van der Waals surface area contributed by atoms with Crippen molar-refractivity contribution in [1.82, 2.24) is 0 Å². The van der Waals surface area contributed by atoms with Gasteiger partial charge in [-0.1, -0.05) is 29.5 Å². The van der Waals surface area contributed by atoms with Gasteiger partial charge in [0, 0.05) is 16.6 Å². The molecular weight excluding hydrogens is 437 g/mol. The zero-order chi connectivity index (χ0) is 22.3. The van der Waals surface area contributed by atoms with Crippen molar-refractivity contribution in [2.45, 2.75) is 32.1 Å². The number of aliphatic imine (C=N–C) groups is 1. The molecule has 2 aromatic rings. The van der Waals surface area contributed by atoms with E-state index in [4.69, 9.17) is 0 Å². The van der Waals surface area contributed by atoms with Crippen LogP contribution in [0.2, 0.25) is 0 Å². The average molecular weight is 462 g/mol. The highest BCUT2D eigenvalue weighted by Gasteiger charge is 2.44. The van der Waals surface area contributed by atoms with Gasteiger partial charge in [0.1, 0.15) is 12.4 Å². The van der Waals surface area contributed by atoms with Crippen LogP contribution in [0.5, 0.6) is 0 Å². The molecule has 2 aromatic carbocycles. The molecule has 0 spiro atoms. The standard InChI is InChI=1S/C22H24FN3O3S2/c1-13-8-14(2)21(15(3)9-13)25-20(27)10-26(17-6-4-16(23)5-7-17)22-24-18-11-31(28,29)12-19(18)30-22/h4-9,18-19H,10-12H2,1-3H3,(H,25,27)/t18-,19-/m1/s1. The number of nitrogens with zero attached hydrogens (tertiary/aromatic N) is 2. The second-order valence-corrected chi connectivity index (χ2v) is 11.5. The Labute approximate surface area is 185 Å². The van der Waals surface area contributed by atoms with Crippen LogP contribution in [0.3, 0.4) is 0 Å². The molecule has 0 aromatic heterocycles. The number of hydrogen-bond donors (Lipinski definition) is 1. The van der Waals surface area contributed by atoms with Crippen molar-refractivity contribution < 1.29 is 17.6 Å². The van der Waals surface area contributed by atoms with Crippen molar-refractivity contribution in [1.29, 1.82) is 0 Å². The molecule has 1 N–H and O–H groups in total. The maximum Gasteiger partial charge on any atom is 0.244 e. The van der Waals surface area contributed by atoms with E-state index >= 15 is 0 Å². The first-order valence-electron chi connectivity index (χ1n) is 9.97. The minimum absolute atomic E-state index is 0.0174. The molecule has 2 heterocycles. The minimum Gasteiger partial charge on any atom is -0.324 e. The summed E-state index contributed by atoms with van der Waals surface area (Å²) in [6.45, 7) is 5.89. The van der Waals surface area contributed by atoms with E-state index in [1.807, 2.05) is 32.9 Å².